The Kier molecular flexibility index (Phi) is 9.28. The van der Waals surface area contributed by atoms with Gasteiger partial charge in [0.1, 0.15) is 37.0 Å². The number of nitrogens with zero attached hydrogens (tertiary/aromatic N) is 1. The van der Waals surface area contributed by atoms with Crippen molar-refractivity contribution in [2.45, 2.75) is 57.7 Å². The number of hydrogen-bond acceptors (Lipinski definition) is 7. The number of hydrogen-bond donors (Lipinski definition) is 1. The van der Waals surface area contributed by atoms with E-state index in [1.165, 1.54) is 6.07 Å². The van der Waals surface area contributed by atoms with Gasteiger partial charge in [0.05, 0.1) is 18.0 Å². The number of thioether (sulfide) groups is 1. The molecule has 4 rings (SSSR count). The molecule has 0 bridgehead atoms. The van der Waals surface area contributed by atoms with Gasteiger partial charge in [-0.05, 0) is 23.7 Å². The molecule has 0 saturated carbocycles. The zero-order valence-electron chi connectivity index (χ0n) is 22.9. The van der Waals surface area contributed by atoms with Crippen molar-refractivity contribution in [2.75, 3.05) is 48.0 Å². The summed E-state index contributed by atoms with van der Waals surface area (Å²) in [6.45, 7) is 13.5. The van der Waals surface area contributed by atoms with E-state index in [9.17, 15) is 4.79 Å². The van der Waals surface area contributed by atoms with E-state index in [1.807, 2.05) is 47.0 Å². The molecule has 0 spiro atoms. The van der Waals surface area contributed by atoms with Gasteiger partial charge in [-0.2, -0.15) is 11.8 Å². The van der Waals surface area contributed by atoms with E-state index in [0.717, 1.165) is 30.2 Å². The second-order valence-corrected chi connectivity index (χ2v) is 17.2. The van der Waals surface area contributed by atoms with Crippen LogP contribution in [0.4, 0.5) is 20.6 Å². The summed E-state index contributed by atoms with van der Waals surface area (Å²) in [5.74, 6) is 1.85. The summed E-state index contributed by atoms with van der Waals surface area (Å²) in [5.41, 5.74) is 1.56. The van der Waals surface area contributed by atoms with E-state index in [0.29, 0.717) is 18.0 Å². The third-order valence-corrected chi connectivity index (χ3v) is 12.8. The lowest BCUT2D eigenvalue weighted by Gasteiger charge is -2.36. The number of nitrogens with one attached hydrogen (secondary N) is 1. The zero-order valence-corrected chi connectivity index (χ0v) is 24.7. The normalized spacial score (nSPS) is 19.7. The van der Waals surface area contributed by atoms with Crippen molar-refractivity contribution in [1.82, 2.24) is 0 Å². The van der Waals surface area contributed by atoms with Crippen LogP contribution < -0.4 is 15.0 Å². The number of carbonyl (C=O) groups excluding carboxylic acids is 1. The molecular weight excluding hydrogens is 523 g/mol. The standard InChI is InChI=1S/C28H39FN2O5SSi/c1-28(2,3)38(4,5)35-19-26-25(36-26)18-33-24-16-23(31-11-13-37-14-12-31)21(29)15-22(24)30-27(32)34-17-20-9-7-6-8-10-20/h6-10,15-16,25-26H,11-14,17-19H2,1-5H3,(H,30,32)/t25-,26+/m0/s1. The van der Waals surface area contributed by atoms with Crippen LogP contribution in [0.15, 0.2) is 42.5 Å². The van der Waals surface area contributed by atoms with Gasteiger partial charge in [0.15, 0.2) is 8.32 Å². The van der Waals surface area contributed by atoms with Crippen molar-refractivity contribution in [2.24, 2.45) is 0 Å². The lowest BCUT2D eigenvalue weighted by molar-refractivity contribution is 0.155. The molecule has 208 valence electrons. The highest BCUT2D eigenvalue weighted by Gasteiger charge is 2.44. The largest absolute Gasteiger partial charge is 0.489 e. The van der Waals surface area contributed by atoms with Crippen molar-refractivity contribution >= 4 is 37.5 Å². The monoisotopic (exact) mass is 562 g/mol. The van der Waals surface area contributed by atoms with Crippen LogP contribution in [0.25, 0.3) is 0 Å². The SMILES string of the molecule is CC(C)(C)[Si](C)(C)OC[C@H]1O[C@H]1COc1cc(N2CCSCC2)c(F)cc1NC(=O)OCc1ccccc1. The van der Waals surface area contributed by atoms with E-state index in [4.69, 9.17) is 18.6 Å². The molecule has 1 amide bonds. The first-order chi connectivity index (χ1) is 18.0. The van der Waals surface area contributed by atoms with E-state index in [2.05, 4.69) is 39.2 Å². The van der Waals surface area contributed by atoms with E-state index in [-0.39, 0.29) is 36.1 Å². The second kappa shape index (κ2) is 12.3. The first-order valence-corrected chi connectivity index (χ1v) is 17.2. The minimum absolute atomic E-state index is 0.0320. The molecule has 0 unspecified atom stereocenters. The molecule has 0 aromatic heterocycles. The van der Waals surface area contributed by atoms with Crippen molar-refractivity contribution in [3.8, 4) is 5.75 Å². The minimum Gasteiger partial charge on any atom is -0.489 e. The first-order valence-electron chi connectivity index (χ1n) is 13.1. The lowest BCUT2D eigenvalue weighted by Crippen LogP contribution is -2.41. The van der Waals surface area contributed by atoms with Crippen LogP contribution in [0.5, 0.6) is 5.75 Å². The van der Waals surface area contributed by atoms with Gasteiger partial charge in [-0.3, -0.25) is 5.32 Å². The van der Waals surface area contributed by atoms with E-state index in [1.54, 1.807) is 6.07 Å². The fourth-order valence-corrected chi connectivity index (χ4v) is 5.74. The second-order valence-electron chi connectivity index (χ2n) is 11.2. The van der Waals surface area contributed by atoms with Gasteiger partial charge >= 0.3 is 6.09 Å². The Morgan fingerprint density at radius 3 is 2.50 bits per heavy atom. The Morgan fingerprint density at radius 2 is 1.82 bits per heavy atom. The molecule has 2 heterocycles. The lowest BCUT2D eigenvalue weighted by atomic mass is 10.2. The number of ether oxygens (including phenoxy) is 3. The Labute approximate surface area is 230 Å². The van der Waals surface area contributed by atoms with Crippen LogP contribution in [-0.4, -0.2) is 64.4 Å². The quantitative estimate of drug-likeness (QED) is 0.269. The average Bonchev–Trinajstić information content (AvgIpc) is 3.65. The molecule has 2 fully saturated rings. The number of epoxide rings is 1. The number of anilines is 2. The Morgan fingerprint density at radius 1 is 1.13 bits per heavy atom. The molecule has 2 aliphatic heterocycles. The molecular formula is C28H39FN2O5SSi. The topological polar surface area (TPSA) is 72.6 Å². The van der Waals surface area contributed by atoms with Crippen LogP contribution in [0, 0.1) is 5.82 Å². The molecule has 1 N–H and O–H groups in total. The highest BCUT2D eigenvalue weighted by molar-refractivity contribution is 7.99. The van der Waals surface area contributed by atoms with Gasteiger partial charge in [-0.25, -0.2) is 9.18 Å². The minimum atomic E-state index is -1.87. The third-order valence-electron chi connectivity index (χ3n) is 7.36. The summed E-state index contributed by atoms with van der Waals surface area (Å²) in [4.78, 5) is 14.6. The molecule has 2 aliphatic rings. The van der Waals surface area contributed by atoms with E-state index < -0.39 is 20.2 Å². The maximum Gasteiger partial charge on any atom is 0.412 e. The molecule has 2 aromatic rings. The van der Waals surface area contributed by atoms with Gasteiger partial charge in [-0.15, -0.1) is 0 Å². The van der Waals surface area contributed by atoms with Crippen molar-refractivity contribution in [3.63, 3.8) is 0 Å². The van der Waals surface area contributed by atoms with Crippen molar-refractivity contribution in [3.05, 3.63) is 53.8 Å². The third kappa shape index (κ3) is 7.65. The van der Waals surface area contributed by atoms with Crippen LogP contribution in [0.3, 0.4) is 0 Å². The molecule has 0 aliphatic carbocycles. The number of benzene rings is 2. The Bertz CT molecular complexity index is 1090. The van der Waals surface area contributed by atoms with Crippen LogP contribution >= 0.6 is 11.8 Å². The highest BCUT2D eigenvalue weighted by atomic mass is 32.2. The van der Waals surface area contributed by atoms with Gasteiger partial charge in [-0.1, -0.05) is 51.1 Å². The molecule has 0 radical (unpaired) electrons. The summed E-state index contributed by atoms with van der Waals surface area (Å²) >= 11 is 1.85. The fourth-order valence-electron chi connectivity index (χ4n) is 3.83. The summed E-state index contributed by atoms with van der Waals surface area (Å²) in [7, 11) is -1.87. The van der Waals surface area contributed by atoms with Gasteiger partial charge in [0.2, 0.25) is 0 Å². The maximum absolute atomic E-state index is 15.2. The van der Waals surface area contributed by atoms with Gasteiger partial charge in [0.25, 0.3) is 0 Å². The molecule has 2 saturated heterocycles. The zero-order chi connectivity index (χ0) is 27.3. The average molecular weight is 563 g/mol. The van der Waals surface area contributed by atoms with Gasteiger partial charge < -0.3 is 23.5 Å². The van der Waals surface area contributed by atoms with Gasteiger partial charge in [0, 0.05) is 36.7 Å². The number of halogens is 1. The number of rotatable bonds is 10. The van der Waals surface area contributed by atoms with Crippen LogP contribution in [0.2, 0.25) is 18.1 Å². The number of carbonyl (C=O) groups is 1. The molecule has 7 nitrogen and oxygen atoms in total. The highest BCUT2D eigenvalue weighted by Crippen LogP contribution is 2.38. The summed E-state index contributed by atoms with van der Waals surface area (Å²) in [6.07, 6.45) is -0.823. The van der Waals surface area contributed by atoms with Crippen molar-refractivity contribution < 1.29 is 27.8 Å². The van der Waals surface area contributed by atoms with Crippen LogP contribution in [0.1, 0.15) is 26.3 Å². The molecule has 10 heteroatoms. The Balaban J connectivity index is 1.40. The Hall–Kier alpha value is -2.27. The summed E-state index contributed by atoms with van der Waals surface area (Å²) < 4.78 is 38.7. The van der Waals surface area contributed by atoms with E-state index >= 15 is 4.39 Å². The predicted octanol–water partition coefficient (Wildman–Crippen LogP) is 6.30. The smallest absolute Gasteiger partial charge is 0.412 e. The van der Waals surface area contributed by atoms with Crippen LogP contribution in [-0.2, 0) is 20.5 Å². The number of amides is 1. The fraction of sp³-hybridized carbons (Fsp3) is 0.536. The molecule has 2 aromatic carbocycles. The van der Waals surface area contributed by atoms with Crippen molar-refractivity contribution in [1.29, 1.82) is 0 Å². The summed E-state index contributed by atoms with van der Waals surface area (Å²) in [5, 5.41) is 2.79. The first kappa shape index (κ1) is 28.7. The summed E-state index contributed by atoms with van der Waals surface area (Å²) in [6, 6.07) is 12.4. The molecule has 2 atom stereocenters. The predicted molar refractivity (Wildman–Crippen MR) is 153 cm³/mol. The molecule has 38 heavy (non-hydrogen) atoms. The maximum atomic E-state index is 15.2.